The van der Waals surface area contributed by atoms with Crippen LogP contribution in [0.15, 0.2) is 42.5 Å². The van der Waals surface area contributed by atoms with Crippen LogP contribution in [0.5, 0.6) is 0 Å². The Labute approximate surface area is 444 Å². The summed E-state index contributed by atoms with van der Waals surface area (Å²) in [5.74, 6) is -4.82. The van der Waals surface area contributed by atoms with Crippen molar-refractivity contribution in [2.75, 3.05) is 37.6 Å². The van der Waals surface area contributed by atoms with Gasteiger partial charge in [-0.05, 0) is 148 Å². The second-order valence-corrected chi connectivity index (χ2v) is 23.8. The van der Waals surface area contributed by atoms with Crippen molar-refractivity contribution in [3.63, 3.8) is 0 Å². The summed E-state index contributed by atoms with van der Waals surface area (Å²) in [4.78, 5) is 119. The Hall–Kier alpha value is -6.24. The van der Waals surface area contributed by atoms with Gasteiger partial charge < -0.3 is 51.2 Å². The molecule has 0 unspecified atom stereocenters. The zero-order valence-electron chi connectivity index (χ0n) is 46.9. The zero-order valence-corrected chi connectivity index (χ0v) is 46.9. The standard InChI is InChI=1S/C56H85N9O10/c1-15-34(4)45-51(71)58-35(5)46(52(72)62-54(6,7)8)65-24-16-17-43(65)50(70)57-32-38-30-37(47(67)59-41(29-33(2)3)48(68)60-42(49(69)61-45)31-44(66)74-55(9,10)11)20-23-40(38)36-18-21-39(22-19-36)63-25-27-64(28-26-63)53(73)75-56(12,13)14/h18-23,30,33-35,41-43,45-46H,15-17,24-29,31-32H2,1-14H3,(H,57,70)(H,58,71)(H,59,67)(H,60,68)(H,61,69)(H,62,72)/t34-,35-,41-,42-,43-,45-,46-/m0/s1. The number of carbonyl (C=O) groups excluding carboxylic acids is 8. The fourth-order valence-electron chi connectivity index (χ4n) is 9.63. The van der Waals surface area contributed by atoms with Gasteiger partial charge in [0.15, 0.2) is 0 Å². The number of hydrogen-bond acceptors (Lipinski definition) is 12. The summed E-state index contributed by atoms with van der Waals surface area (Å²) < 4.78 is 11.2. The molecule has 2 saturated heterocycles. The molecule has 19 nitrogen and oxygen atoms in total. The van der Waals surface area contributed by atoms with Crippen molar-refractivity contribution in [1.29, 1.82) is 0 Å². The molecular weight excluding hydrogens is 959 g/mol. The summed E-state index contributed by atoms with van der Waals surface area (Å²) in [5, 5.41) is 17.6. The van der Waals surface area contributed by atoms with Gasteiger partial charge in [-0.3, -0.25) is 38.5 Å². The van der Waals surface area contributed by atoms with E-state index in [9.17, 15) is 38.4 Å². The largest absolute Gasteiger partial charge is 0.460 e. The monoisotopic (exact) mass is 1040 g/mol. The van der Waals surface area contributed by atoms with Crippen LogP contribution >= 0.6 is 0 Å². The molecule has 19 heteroatoms. The third-order valence-electron chi connectivity index (χ3n) is 13.4. The van der Waals surface area contributed by atoms with E-state index in [1.165, 1.54) is 0 Å². The summed E-state index contributed by atoms with van der Waals surface area (Å²) in [5.41, 5.74) is 1.11. The van der Waals surface area contributed by atoms with Crippen LogP contribution in [0.1, 0.15) is 145 Å². The number of benzene rings is 2. The molecule has 0 spiro atoms. The van der Waals surface area contributed by atoms with Gasteiger partial charge in [0.25, 0.3) is 5.91 Å². The summed E-state index contributed by atoms with van der Waals surface area (Å²) in [6.45, 7) is 27.8. The average Bonchev–Trinajstić information content (AvgIpc) is 3.78. The van der Waals surface area contributed by atoms with E-state index in [-0.39, 0.29) is 36.4 Å². The van der Waals surface area contributed by atoms with Gasteiger partial charge in [0, 0.05) is 49.5 Å². The molecular formula is C56H85N9O10. The van der Waals surface area contributed by atoms with Gasteiger partial charge in [0.2, 0.25) is 29.5 Å². The fourth-order valence-corrected chi connectivity index (χ4v) is 9.63. The summed E-state index contributed by atoms with van der Waals surface area (Å²) in [6.07, 6.45) is 0.716. The Morgan fingerprint density at radius 1 is 0.720 bits per heavy atom. The van der Waals surface area contributed by atoms with E-state index in [1.54, 1.807) is 57.7 Å². The maximum absolute atomic E-state index is 14.6. The van der Waals surface area contributed by atoms with Crippen LogP contribution in [0.4, 0.5) is 10.5 Å². The van der Waals surface area contributed by atoms with E-state index in [4.69, 9.17) is 9.47 Å². The van der Waals surface area contributed by atoms with E-state index in [1.807, 2.05) is 91.5 Å². The topological polar surface area (TPSA) is 237 Å². The van der Waals surface area contributed by atoms with Gasteiger partial charge in [0.05, 0.1) is 18.5 Å². The van der Waals surface area contributed by atoms with Gasteiger partial charge in [0.1, 0.15) is 35.4 Å². The van der Waals surface area contributed by atoms with Crippen LogP contribution in [0.3, 0.4) is 0 Å². The van der Waals surface area contributed by atoms with E-state index in [2.05, 4.69) is 36.8 Å². The average molecular weight is 1040 g/mol. The predicted molar refractivity (Wildman–Crippen MR) is 287 cm³/mol. The summed E-state index contributed by atoms with van der Waals surface area (Å²) in [7, 11) is 0. The third-order valence-corrected chi connectivity index (χ3v) is 13.4. The van der Waals surface area contributed by atoms with Gasteiger partial charge in [-0.2, -0.15) is 0 Å². The number of amides is 7. The maximum atomic E-state index is 14.6. The first-order valence-electron chi connectivity index (χ1n) is 26.7. The second-order valence-electron chi connectivity index (χ2n) is 23.8. The van der Waals surface area contributed by atoms with Gasteiger partial charge >= 0.3 is 12.1 Å². The number of anilines is 1. The number of nitrogens with one attached hydrogen (secondary N) is 6. The Kier molecular flexibility index (Phi) is 19.9. The lowest BCUT2D eigenvalue weighted by Crippen LogP contribution is -2.64. The van der Waals surface area contributed by atoms with Crippen LogP contribution in [-0.4, -0.2) is 143 Å². The quantitative estimate of drug-likeness (QED) is 0.178. The summed E-state index contributed by atoms with van der Waals surface area (Å²) in [6, 6.07) is 6.52. The number of carbonyl (C=O) groups is 8. The van der Waals surface area contributed by atoms with Crippen LogP contribution < -0.4 is 36.8 Å². The molecule has 7 atom stereocenters. The van der Waals surface area contributed by atoms with E-state index < -0.39 is 101 Å². The minimum absolute atomic E-state index is 0.00817. The smallest absolute Gasteiger partial charge is 0.410 e. The van der Waals surface area contributed by atoms with Crippen molar-refractivity contribution in [3.05, 3.63) is 53.6 Å². The van der Waals surface area contributed by atoms with Crippen molar-refractivity contribution in [2.45, 2.75) is 189 Å². The van der Waals surface area contributed by atoms with Crippen LogP contribution in [0.25, 0.3) is 11.1 Å². The third kappa shape index (κ3) is 17.1. The second kappa shape index (κ2) is 25.1. The zero-order chi connectivity index (χ0) is 55.7. The number of piperazine rings is 1. The number of hydrogen-bond donors (Lipinski definition) is 6. The van der Waals surface area contributed by atoms with Crippen molar-refractivity contribution in [3.8, 4) is 11.1 Å². The first kappa shape index (κ1) is 59.6. The van der Waals surface area contributed by atoms with Gasteiger partial charge in [-0.25, -0.2) is 4.79 Å². The van der Waals surface area contributed by atoms with E-state index in [0.717, 1.165) is 16.8 Å². The van der Waals surface area contributed by atoms with Gasteiger partial charge in [-0.1, -0.05) is 52.3 Å². The molecule has 3 aliphatic heterocycles. The molecule has 2 fully saturated rings. The first-order chi connectivity index (χ1) is 34.9. The molecule has 5 rings (SSSR count). The van der Waals surface area contributed by atoms with E-state index in [0.29, 0.717) is 57.5 Å². The van der Waals surface area contributed by atoms with Crippen molar-refractivity contribution >= 4 is 53.2 Å². The lowest BCUT2D eigenvalue weighted by Gasteiger charge is -2.38. The predicted octanol–water partition coefficient (Wildman–Crippen LogP) is 5.18. The van der Waals surface area contributed by atoms with Crippen LogP contribution in [0, 0.1) is 11.8 Å². The first-order valence-corrected chi connectivity index (χ1v) is 26.7. The molecule has 414 valence electrons. The highest BCUT2D eigenvalue weighted by molar-refractivity contribution is 6.00. The number of nitrogens with zero attached hydrogens (tertiary/aromatic N) is 3. The minimum Gasteiger partial charge on any atom is -0.460 e. The molecule has 7 amide bonds. The molecule has 0 aromatic heterocycles. The normalized spacial score (nSPS) is 23.6. The van der Waals surface area contributed by atoms with Gasteiger partial charge in [-0.15, -0.1) is 0 Å². The maximum Gasteiger partial charge on any atom is 0.410 e. The molecule has 3 aliphatic rings. The number of ether oxygens (including phenoxy) is 2. The number of esters is 1. The minimum atomic E-state index is -1.52. The Morgan fingerprint density at radius 3 is 1.92 bits per heavy atom. The Bertz CT molecular complexity index is 2380. The lowest BCUT2D eigenvalue weighted by molar-refractivity contribution is -0.156. The molecule has 2 bridgehead atoms. The van der Waals surface area contributed by atoms with E-state index >= 15 is 0 Å². The lowest BCUT2D eigenvalue weighted by atomic mass is 9.96. The SMILES string of the molecule is CC[C@H](C)[C@@H]1NC(=O)[C@H](CC(=O)OC(C)(C)C)NC(=O)[C@H](CC(C)C)NC(=O)c2ccc(-c3ccc(N4CCN(C(=O)OC(C)(C)C)CC4)cc3)c(c2)CNC(=O)[C@@H]2CCCN2[C@H](C(=O)NC(C)(C)C)[C@H](C)NC1=O. The molecule has 6 N–H and O–H groups in total. The summed E-state index contributed by atoms with van der Waals surface area (Å²) >= 11 is 0. The Morgan fingerprint density at radius 2 is 1.33 bits per heavy atom. The van der Waals surface area contributed by atoms with Crippen molar-refractivity contribution in [2.24, 2.45) is 11.8 Å². The fraction of sp³-hybridized carbons (Fsp3) is 0.643. The highest BCUT2D eigenvalue weighted by Crippen LogP contribution is 2.30. The molecule has 2 aromatic carbocycles. The highest BCUT2D eigenvalue weighted by Gasteiger charge is 2.44. The molecule has 0 radical (unpaired) electrons. The highest BCUT2D eigenvalue weighted by atomic mass is 16.6. The molecule has 3 heterocycles. The van der Waals surface area contributed by atoms with Crippen molar-refractivity contribution in [1.82, 2.24) is 41.7 Å². The van der Waals surface area contributed by atoms with Crippen LogP contribution in [0.2, 0.25) is 0 Å². The van der Waals surface area contributed by atoms with Crippen LogP contribution in [-0.2, 0) is 44.8 Å². The molecule has 75 heavy (non-hydrogen) atoms. The van der Waals surface area contributed by atoms with Crippen molar-refractivity contribution < 1.29 is 47.8 Å². The molecule has 0 saturated carbocycles. The Balaban J connectivity index is 1.57. The number of fused-ring (bicyclic) bond motifs is 3. The molecule has 0 aliphatic carbocycles. The molecule has 2 aromatic rings. The number of rotatable bonds is 9.